The van der Waals surface area contributed by atoms with Crippen LogP contribution in [-0.4, -0.2) is 0 Å². The van der Waals surface area contributed by atoms with Crippen LogP contribution in [-0.2, 0) is 0 Å². The van der Waals surface area contributed by atoms with Gasteiger partial charge in [-0.15, -0.1) is 0 Å². The molecule has 0 nitrogen and oxygen atoms in total. The van der Waals surface area contributed by atoms with Gasteiger partial charge >= 0.3 is 0 Å². The van der Waals surface area contributed by atoms with Gasteiger partial charge in [-0.1, -0.05) is 24.0 Å². The number of allylic oxidation sites excluding steroid dienone is 4. The Morgan fingerprint density at radius 3 is 2.33 bits per heavy atom. The summed E-state index contributed by atoms with van der Waals surface area (Å²) in [4.78, 5) is 0. The van der Waals surface area contributed by atoms with E-state index in [2.05, 4.69) is 13.8 Å². The maximum Gasteiger partial charge on any atom is -0.00446 e. The highest BCUT2D eigenvalue weighted by molar-refractivity contribution is 5.50. The second kappa shape index (κ2) is 3.23. The van der Waals surface area contributed by atoms with Crippen molar-refractivity contribution in [2.45, 2.75) is 65.2 Å². The minimum absolute atomic E-state index is 0.648. The van der Waals surface area contributed by atoms with Crippen molar-refractivity contribution in [2.75, 3.05) is 0 Å². The summed E-state index contributed by atoms with van der Waals surface area (Å²) in [6.07, 6.45) is 11.6. The van der Waals surface area contributed by atoms with Gasteiger partial charge in [-0.3, -0.25) is 0 Å². The van der Waals surface area contributed by atoms with Crippen molar-refractivity contribution in [1.82, 2.24) is 0 Å². The highest BCUT2D eigenvalue weighted by Crippen LogP contribution is 2.57. The highest BCUT2D eigenvalue weighted by Gasteiger charge is 2.42. The first-order valence-corrected chi connectivity index (χ1v) is 6.62. The second-order valence-electron chi connectivity index (χ2n) is 5.90. The second-order valence-corrected chi connectivity index (χ2v) is 5.90. The van der Waals surface area contributed by atoms with E-state index in [0.29, 0.717) is 5.41 Å². The first-order valence-electron chi connectivity index (χ1n) is 6.62. The van der Waals surface area contributed by atoms with E-state index in [0.717, 1.165) is 0 Å². The fraction of sp³-hybridized carbons (Fsp3) is 0.733. The van der Waals surface area contributed by atoms with E-state index < -0.39 is 0 Å². The predicted molar refractivity (Wildman–Crippen MR) is 64.8 cm³/mol. The number of hydrogen-bond donors (Lipinski definition) is 0. The molecule has 1 fully saturated rings. The zero-order chi connectivity index (χ0) is 10.5. The summed E-state index contributed by atoms with van der Waals surface area (Å²) in [5, 5.41) is 0. The fourth-order valence-electron chi connectivity index (χ4n) is 4.32. The van der Waals surface area contributed by atoms with Crippen molar-refractivity contribution in [1.29, 1.82) is 0 Å². The Morgan fingerprint density at radius 2 is 1.60 bits per heavy atom. The molecule has 0 unspecified atom stereocenters. The lowest BCUT2D eigenvalue weighted by Crippen LogP contribution is -2.23. The Balaban J connectivity index is 2.07. The summed E-state index contributed by atoms with van der Waals surface area (Å²) in [6, 6.07) is 0. The van der Waals surface area contributed by atoms with E-state index in [1.807, 2.05) is 11.1 Å². The van der Waals surface area contributed by atoms with Gasteiger partial charge in [-0.2, -0.15) is 0 Å². The molecule has 0 saturated heterocycles. The van der Waals surface area contributed by atoms with Crippen molar-refractivity contribution in [3.63, 3.8) is 0 Å². The van der Waals surface area contributed by atoms with Gasteiger partial charge in [-0.25, -0.2) is 0 Å². The van der Waals surface area contributed by atoms with Gasteiger partial charge in [0.2, 0.25) is 0 Å². The van der Waals surface area contributed by atoms with Crippen LogP contribution in [0.4, 0.5) is 0 Å². The average Bonchev–Trinajstić information content (AvgIpc) is 2.76. The van der Waals surface area contributed by atoms with Crippen LogP contribution in [0.2, 0.25) is 0 Å². The van der Waals surface area contributed by atoms with Gasteiger partial charge in [-0.05, 0) is 68.9 Å². The van der Waals surface area contributed by atoms with Crippen LogP contribution < -0.4 is 0 Å². The number of fused-ring (bicyclic) bond motifs is 1. The molecule has 0 heterocycles. The molecule has 0 aromatic carbocycles. The normalized spacial score (nSPS) is 29.2. The molecule has 1 spiro atoms. The molecule has 0 aromatic heterocycles. The summed E-state index contributed by atoms with van der Waals surface area (Å²) < 4.78 is 0. The van der Waals surface area contributed by atoms with Crippen molar-refractivity contribution >= 4 is 0 Å². The van der Waals surface area contributed by atoms with Crippen molar-refractivity contribution in [3.05, 3.63) is 22.3 Å². The zero-order valence-electron chi connectivity index (χ0n) is 10.2. The third-order valence-corrected chi connectivity index (χ3v) is 5.07. The quantitative estimate of drug-likeness (QED) is 0.531. The molecular weight excluding hydrogens is 180 g/mol. The lowest BCUT2D eigenvalue weighted by molar-refractivity contribution is 0.312. The highest BCUT2D eigenvalue weighted by atomic mass is 14.5. The van der Waals surface area contributed by atoms with E-state index in [4.69, 9.17) is 0 Å². The summed E-state index contributed by atoms with van der Waals surface area (Å²) in [6.45, 7) is 4.72. The molecule has 3 aliphatic carbocycles. The largest absolute Gasteiger partial charge is 0.0660 e. The van der Waals surface area contributed by atoms with Gasteiger partial charge < -0.3 is 0 Å². The van der Waals surface area contributed by atoms with Crippen LogP contribution in [0.25, 0.3) is 0 Å². The Bertz CT molecular complexity index is 348. The summed E-state index contributed by atoms with van der Waals surface area (Å²) in [5.74, 6) is 0. The van der Waals surface area contributed by atoms with Crippen LogP contribution in [0.1, 0.15) is 65.2 Å². The molecule has 3 aliphatic rings. The molecule has 3 rings (SSSR count). The van der Waals surface area contributed by atoms with Crippen LogP contribution in [0.15, 0.2) is 22.3 Å². The monoisotopic (exact) mass is 202 g/mol. The molecule has 0 radical (unpaired) electrons. The third-order valence-electron chi connectivity index (χ3n) is 5.07. The molecule has 0 aromatic rings. The van der Waals surface area contributed by atoms with Crippen LogP contribution in [0.3, 0.4) is 0 Å². The molecule has 0 N–H and O–H groups in total. The van der Waals surface area contributed by atoms with E-state index in [-0.39, 0.29) is 0 Å². The topological polar surface area (TPSA) is 0 Å². The third kappa shape index (κ3) is 1.26. The Labute approximate surface area is 93.5 Å². The first-order chi connectivity index (χ1) is 7.23. The van der Waals surface area contributed by atoms with Crippen molar-refractivity contribution < 1.29 is 0 Å². The fourth-order valence-corrected chi connectivity index (χ4v) is 4.32. The minimum atomic E-state index is 0.648. The Morgan fingerprint density at radius 1 is 0.933 bits per heavy atom. The molecule has 0 amide bonds. The van der Waals surface area contributed by atoms with Gasteiger partial charge in [0.05, 0.1) is 0 Å². The molecule has 82 valence electrons. The first kappa shape index (κ1) is 9.69. The molecule has 0 bridgehead atoms. The SMILES string of the molecule is CC1=C(C)C2=C(CCCC23CCCC3)C1. The molecule has 0 atom stereocenters. The number of hydrogen-bond acceptors (Lipinski definition) is 0. The van der Waals surface area contributed by atoms with Gasteiger partial charge in [0.25, 0.3) is 0 Å². The maximum absolute atomic E-state index is 2.38. The maximum atomic E-state index is 2.38. The van der Waals surface area contributed by atoms with Crippen LogP contribution >= 0.6 is 0 Å². The van der Waals surface area contributed by atoms with Crippen molar-refractivity contribution in [3.8, 4) is 0 Å². The van der Waals surface area contributed by atoms with Crippen LogP contribution in [0.5, 0.6) is 0 Å². The van der Waals surface area contributed by atoms with Gasteiger partial charge in [0.1, 0.15) is 0 Å². The summed E-state index contributed by atoms with van der Waals surface area (Å²) >= 11 is 0. The van der Waals surface area contributed by atoms with E-state index in [1.54, 1.807) is 11.1 Å². The van der Waals surface area contributed by atoms with Gasteiger partial charge in [0, 0.05) is 0 Å². The van der Waals surface area contributed by atoms with Gasteiger partial charge in [0.15, 0.2) is 0 Å². The van der Waals surface area contributed by atoms with E-state index in [1.165, 1.54) is 51.4 Å². The lowest BCUT2D eigenvalue weighted by atomic mass is 9.68. The van der Waals surface area contributed by atoms with Crippen molar-refractivity contribution in [2.24, 2.45) is 5.41 Å². The van der Waals surface area contributed by atoms with Crippen LogP contribution in [0, 0.1) is 5.41 Å². The summed E-state index contributed by atoms with van der Waals surface area (Å²) in [7, 11) is 0. The minimum Gasteiger partial charge on any atom is -0.0660 e. The molecule has 15 heavy (non-hydrogen) atoms. The predicted octanol–water partition coefficient (Wildman–Crippen LogP) is 4.77. The number of rotatable bonds is 0. The zero-order valence-corrected chi connectivity index (χ0v) is 10.2. The Kier molecular flexibility index (Phi) is 2.09. The molecule has 0 aliphatic heterocycles. The average molecular weight is 202 g/mol. The molecule has 0 heteroatoms. The Hall–Kier alpha value is -0.520. The van der Waals surface area contributed by atoms with E-state index >= 15 is 0 Å². The smallest absolute Gasteiger partial charge is 0.00446 e. The molecular formula is C15H22. The van der Waals surface area contributed by atoms with E-state index in [9.17, 15) is 0 Å². The lowest BCUT2D eigenvalue weighted by Gasteiger charge is -2.37. The molecule has 1 saturated carbocycles. The summed E-state index contributed by atoms with van der Waals surface area (Å²) in [5.41, 5.74) is 7.64. The standard InChI is InChI=1S/C15H22/c1-11-10-13-6-5-9-15(7-3-4-8-15)14(13)12(11)2/h3-10H2,1-2H3.